The Morgan fingerprint density at radius 2 is 1.12 bits per heavy atom. The molecule has 2 rings (SSSR count). The molecule has 2 aromatic carbocycles. The van der Waals surface area contributed by atoms with Crippen LogP contribution < -0.4 is 0 Å². The molecular weight excluding hydrogens is 531 g/mol. The molecule has 0 bridgehead atoms. The van der Waals surface area contributed by atoms with Crippen molar-refractivity contribution in [1.29, 1.82) is 0 Å². The molecule has 0 saturated heterocycles. The third-order valence-corrected chi connectivity index (χ3v) is 7.17. The summed E-state index contributed by atoms with van der Waals surface area (Å²) in [6, 6.07) is 17.3. The van der Waals surface area contributed by atoms with Crippen LogP contribution in [0.3, 0.4) is 0 Å². The van der Waals surface area contributed by atoms with Crippen molar-refractivity contribution >= 4 is 23.3 Å². The van der Waals surface area contributed by atoms with Gasteiger partial charge in [-0.2, -0.15) is 0 Å². The van der Waals surface area contributed by atoms with Crippen LogP contribution in [0.2, 0.25) is 0 Å². The topological polar surface area (TPSA) is 24.7 Å². The molecule has 0 aliphatic heterocycles. The molecule has 0 radical (unpaired) electrons. The molecule has 0 N–H and O–H groups in total. The Morgan fingerprint density at radius 1 is 0.625 bits per heavy atom. The summed E-state index contributed by atoms with van der Waals surface area (Å²) >= 11 is 0. The van der Waals surface area contributed by atoms with Crippen LogP contribution in [0.5, 0.6) is 0 Å². The molecule has 0 unspecified atom stereocenters. The summed E-state index contributed by atoms with van der Waals surface area (Å²) in [4.78, 5) is 9.73. The number of aryl methyl sites for hydroxylation is 2. The van der Waals surface area contributed by atoms with E-state index in [-0.39, 0.29) is 16.5 Å². The van der Waals surface area contributed by atoms with Gasteiger partial charge in [-0.15, -0.1) is 0 Å². The molecule has 0 aliphatic carbocycles. The molecule has 0 amide bonds. The average Bonchev–Trinajstić information content (AvgIpc) is 2.96. The molecule has 0 saturated carbocycles. The SMILES string of the molecule is CCCCCCCCCC#CC(/C=N/c1cccc(CCCCCC)c1)=N\c1cccc(CCCCCC)c1.[Ni]. The second-order valence-electron chi connectivity index (χ2n) is 10.9. The van der Waals surface area contributed by atoms with E-state index in [1.165, 1.54) is 101 Å². The molecule has 2 aromatic rings. The Hall–Kier alpha value is -2.17. The van der Waals surface area contributed by atoms with Crippen LogP contribution in [0.4, 0.5) is 11.4 Å². The maximum atomic E-state index is 4.93. The Balaban J connectivity index is 0.00000800. The number of nitrogens with zero attached hydrogens (tertiary/aromatic N) is 2. The number of aliphatic imine (C=N–C) groups is 2. The second-order valence-corrected chi connectivity index (χ2v) is 10.9. The van der Waals surface area contributed by atoms with Gasteiger partial charge in [-0.3, -0.25) is 4.99 Å². The van der Waals surface area contributed by atoms with E-state index in [9.17, 15) is 0 Å². The van der Waals surface area contributed by atoms with E-state index in [1.54, 1.807) is 0 Å². The quantitative estimate of drug-likeness (QED) is 0.0639. The van der Waals surface area contributed by atoms with E-state index in [4.69, 9.17) is 9.98 Å². The summed E-state index contributed by atoms with van der Waals surface area (Å²) in [5.74, 6) is 6.73. The van der Waals surface area contributed by atoms with Gasteiger partial charge >= 0.3 is 0 Å². The van der Waals surface area contributed by atoms with E-state index in [0.29, 0.717) is 0 Å². The molecule has 0 fully saturated rings. The zero-order valence-electron chi connectivity index (χ0n) is 25.6. The van der Waals surface area contributed by atoms with Crippen molar-refractivity contribution in [2.45, 2.75) is 136 Å². The largest absolute Gasteiger partial charge is 0.254 e. The summed E-state index contributed by atoms with van der Waals surface area (Å²) < 4.78 is 0. The molecule has 0 heterocycles. The molecule has 0 aromatic heterocycles. The van der Waals surface area contributed by atoms with Crippen LogP contribution in [-0.2, 0) is 29.3 Å². The zero-order chi connectivity index (χ0) is 27.8. The first-order valence-corrected chi connectivity index (χ1v) is 16.0. The third-order valence-electron chi connectivity index (χ3n) is 7.17. The van der Waals surface area contributed by atoms with Gasteiger partial charge in [0.2, 0.25) is 0 Å². The fraction of sp³-hybridized carbons (Fsp3) is 0.568. The van der Waals surface area contributed by atoms with Gasteiger partial charge in [0, 0.05) is 22.9 Å². The van der Waals surface area contributed by atoms with E-state index in [0.717, 1.165) is 42.8 Å². The van der Waals surface area contributed by atoms with Crippen LogP contribution in [0.15, 0.2) is 58.5 Å². The van der Waals surface area contributed by atoms with Crippen molar-refractivity contribution in [3.63, 3.8) is 0 Å². The molecule has 40 heavy (non-hydrogen) atoms. The minimum Gasteiger partial charge on any atom is -0.254 e. The van der Waals surface area contributed by atoms with Crippen molar-refractivity contribution in [3.05, 3.63) is 59.7 Å². The predicted molar refractivity (Wildman–Crippen MR) is 174 cm³/mol. The molecule has 3 heteroatoms. The first-order valence-electron chi connectivity index (χ1n) is 16.0. The maximum absolute atomic E-state index is 4.93. The van der Waals surface area contributed by atoms with Crippen LogP contribution in [0, 0.1) is 11.8 Å². The Kier molecular flexibility index (Phi) is 22.1. The zero-order valence-corrected chi connectivity index (χ0v) is 26.6. The van der Waals surface area contributed by atoms with E-state index in [2.05, 4.69) is 81.1 Å². The van der Waals surface area contributed by atoms with E-state index < -0.39 is 0 Å². The van der Waals surface area contributed by atoms with Crippen molar-refractivity contribution in [2.75, 3.05) is 0 Å². The number of hydrogen-bond acceptors (Lipinski definition) is 2. The number of rotatable bonds is 20. The second kappa shape index (κ2) is 24.6. The molecule has 0 atom stereocenters. The van der Waals surface area contributed by atoms with E-state index >= 15 is 0 Å². The summed E-state index contributed by atoms with van der Waals surface area (Å²) in [6.07, 6.45) is 24.4. The average molecular weight is 586 g/mol. The van der Waals surface area contributed by atoms with Crippen LogP contribution in [0.1, 0.15) is 135 Å². The summed E-state index contributed by atoms with van der Waals surface area (Å²) in [5, 5.41) is 0. The van der Waals surface area contributed by atoms with Gasteiger partial charge in [0.25, 0.3) is 0 Å². The number of benzene rings is 2. The predicted octanol–water partition coefficient (Wildman–Crippen LogP) is 11.5. The van der Waals surface area contributed by atoms with E-state index in [1.807, 2.05) is 6.21 Å². The number of hydrogen-bond donors (Lipinski definition) is 0. The first-order chi connectivity index (χ1) is 19.2. The van der Waals surface area contributed by atoms with Crippen LogP contribution in [0.25, 0.3) is 0 Å². The fourth-order valence-corrected chi connectivity index (χ4v) is 4.77. The third kappa shape index (κ3) is 17.5. The normalized spacial score (nSPS) is 11.3. The van der Waals surface area contributed by atoms with Crippen LogP contribution >= 0.6 is 0 Å². The van der Waals surface area contributed by atoms with Crippen LogP contribution in [-0.4, -0.2) is 11.9 Å². The Bertz CT molecular complexity index is 1030. The minimum absolute atomic E-state index is 0. The fourth-order valence-electron chi connectivity index (χ4n) is 4.77. The number of unbranched alkanes of at least 4 members (excludes halogenated alkanes) is 13. The minimum atomic E-state index is 0. The van der Waals surface area contributed by atoms with Crippen molar-refractivity contribution in [1.82, 2.24) is 0 Å². The molecule has 2 nitrogen and oxygen atoms in total. The molecule has 0 spiro atoms. The Labute approximate surface area is 256 Å². The molecule has 0 aliphatic rings. The van der Waals surface area contributed by atoms with Gasteiger partial charge < -0.3 is 0 Å². The monoisotopic (exact) mass is 584 g/mol. The summed E-state index contributed by atoms with van der Waals surface area (Å²) in [6.45, 7) is 6.79. The van der Waals surface area contributed by atoms with Gasteiger partial charge in [-0.05, 0) is 73.4 Å². The van der Waals surface area contributed by atoms with Gasteiger partial charge in [0.05, 0.1) is 17.6 Å². The van der Waals surface area contributed by atoms with Gasteiger partial charge in [0.1, 0.15) is 5.71 Å². The first kappa shape index (κ1) is 35.9. The summed E-state index contributed by atoms with van der Waals surface area (Å²) in [5.41, 5.74) is 5.42. The van der Waals surface area contributed by atoms with Crippen molar-refractivity contribution in [3.8, 4) is 11.8 Å². The van der Waals surface area contributed by atoms with Gasteiger partial charge in [0.15, 0.2) is 0 Å². The smallest absolute Gasteiger partial charge is 0.132 e. The Morgan fingerprint density at radius 3 is 1.73 bits per heavy atom. The van der Waals surface area contributed by atoms with Crippen molar-refractivity contribution < 1.29 is 16.5 Å². The van der Waals surface area contributed by atoms with Crippen molar-refractivity contribution in [2.24, 2.45) is 9.98 Å². The van der Waals surface area contributed by atoms with Gasteiger partial charge in [-0.1, -0.05) is 128 Å². The molecule has 222 valence electrons. The maximum Gasteiger partial charge on any atom is 0.132 e. The van der Waals surface area contributed by atoms with Gasteiger partial charge in [-0.25, -0.2) is 4.99 Å². The summed E-state index contributed by atoms with van der Waals surface area (Å²) in [7, 11) is 0. The standard InChI is InChI=1S/C37H54N2.Ni/c1-4-7-10-13-14-15-16-17-20-27-37(39-36-29-22-26-34(31-36)24-19-12-9-6-3)32-38-35-28-21-25-33(30-35)23-18-11-8-5-2;/h21-22,25-26,28-32H,4-19,23-24H2,1-3H3;/b38-32+,39-37+;. The molecular formula is C37H54N2Ni.